The molecule has 5 nitrogen and oxygen atoms in total. The Kier molecular flexibility index (Phi) is 6.94. The number of anilines is 1. The molecule has 7 heteroatoms. The molecule has 0 spiro atoms. The van der Waals surface area contributed by atoms with Crippen LogP contribution >= 0.6 is 11.6 Å². The zero-order valence-corrected chi connectivity index (χ0v) is 22.3. The fourth-order valence-corrected chi connectivity index (χ4v) is 4.74. The summed E-state index contributed by atoms with van der Waals surface area (Å²) in [6, 6.07) is 11.1. The van der Waals surface area contributed by atoms with Gasteiger partial charge in [0, 0.05) is 38.1 Å². The van der Waals surface area contributed by atoms with Crippen molar-refractivity contribution in [2.75, 3.05) is 37.3 Å². The van der Waals surface area contributed by atoms with E-state index >= 15 is 0 Å². The summed E-state index contributed by atoms with van der Waals surface area (Å²) in [4.78, 5) is 17.3. The van der Waals surface area contributed by atoms with Crippen LogP contribution in [-0.2, 0) is 20.7 Å². The SMILES string of the molecule is CC(C)(C)c1cc(N2CCN(C(=O)c3cc(S(C)(=O)=O)ccc3Cl)CC2)cc(C(C)(C)C)c1. The third kappa shape index (κ3) is 5.90. The number of amides is 1. The van der Waals surface area contributed by atoms with Crippen LogP contribution in [-0.4, -0.2) is 51.7 Å². The zero-order chi connectivity index (χ0) is 24.8. The van der Waals surface area contributed by atoms with Gasteiger partial charge in [-0.3, -0.25) is 4.79 Å². The number of hydrogen-bond acceptors (Lipinski definition) is 4. The average Bonchev–Trinajstić information content (AvgIpc) is 2.71. The molecule has 0 bridgehead atoms. The summed E-state index contributed by atoms with van der Waals surface area (Å²) >= 11 is 6.25. The van der Waals surface area contributed by atoms with Crippen molar-refractivity contribution in [3.05, 3.63) is 58.1 Å². The highest BCUT2D eigenvalue weighted by molar-refractivity contribution is 7.90. The van der Waals surface area contributed by atoms with E-state index < -0.39 is 9.84 Å². The van der Waals surface area contributed by atoms with Gasteiger partial charge >= 0.3 is 0 Å². The number of benzene rings is 2. The molecule has 1 saturated heterocycles. The van der Waals surface area contributed by atoms with Crippen molar-refractivity contribution in [2.24, 2.45) is 0 Å². The van der Waals surface area contributed by atoms with E-state index in [0.717, 1.165) is 6.26 Å². The first kappa shape index (κ1) is 25.6. The van der Waals surface area contributed by atoms with Gasteiger partial charge in [0.15, 0.2) is 9.84 Å². The molecule has 0 aliphatic carbocycles. The van der Waals surface area contributed by atoms with Gasteiger partial charge < -0.3 is 9.80 Å². The van der Waals surface area contributed by atoms with Gasteiger partial charge in [0.1, 0.15) is 0 Å². The van der Waals surface area contributed by atoms with Crippen LogP contribution < -0.4 is 4.90 Å². The maximum Gasteiger partial charge on any atom is 0.255 e. The smallest absolute Gasteiger partial charge is 0.255 e. The van der Waals surface area contributed by atoms with Crippen molar-refractivity contribution in [1.29, 1.82) is 0 Å². The number of nitrogens with zero attached hydrogens (tertiary/aromatic N) is 2. The van der Waals surface area contributed by atoms with E-state index in [1.54, 1.807) is 4.90 Å². The molecule has 0 atom stereocenters. The van der Waals surface area contributed by atoms with Crippen molar-refractivity contribution in [1.82, 2.24) is 4.90 Å². The number of rotatable bonds is 3. The molecule has 33 heavy (non-hydrogen) atoms. The highest BCUT2D eigenvalue weighted by atomic mass is 35.5. The van der Waals surface area contributed by atoms with E-state index in [2.05, 4.69) is 64.6 Å². The van der Waals surface area contributed by atoms with E-state index in [1.165, 1.54) is 35.0 Å². The van der Waals surface area contributed by atoms with Crippen molar-refractivity contribution in [3.8, 4) is 0 Å². The third-order valence-corrected chi connectivity index (χ3v) is 7.62. The lowest BCUT2D eigenvalue weighted by Gasteiger charge is -2.37. The van der Waals surface area contributed by atoms with Crippen LogP contribution in [0.3, 0.4) is 0 Å². The quantitative estimate of drug-likeness (QED) is 0.585. The number of hydrogen-bond donors (Lipinski definition) is 0. The molecule has 1 amide bonds. The Bertz CT molecular complexity index is 1120. The molecule has 0 radical (unpaired) electrons. The molecule has 2 aromatic carbocycles. The summed E-state index contributed by atoms with van der Waals surface area (Å²) in [5.74, 6) is -0.232. The average molecular weight is 491 g/mol. The molecule has 180 valence electrons. The van der Waals surface area contributed by atoms with Gasteiger partial charge in [-0.25, -0.2) is 8.42 Å². The maximum atomic E-state index is 13.1. The van der Waals surface area contributed by atoms with Crippen LogP contribution in [0.5, 0.6) is 0 Å². The van der Waals surface area contributed by atoms with Gasteiger partial charge in [0.05, 0.1) is 15.5 Å². The number of piperazine rings is 1. The lowest BCUT2D eigenvalue weighted by Crippen LogP contribution is -2.49. The largest absolute Gasteiger partial charge is 0.368 e. The number of carbonyl (C=O) groups excluding carboxylic acids is 1. The van der Waals surface area contributed by atoms with E-state index in [1.807, 2.05) is 0 Å². The zero-order valence-electron chi connectivity index (χ0n) is 20.7. The summed E-state index contributed by atoms with van der Waals surface area (Å²) in [5.41, 5.74) is 4.08. The predicted molar refractivity (Wildman–Crippen MR) is 137 cm³/mol. The van der Waals surface area contributed by atoms with E-state index in [4.69, 9.17) is 11.6 Å². The molecule has 3 rings (SSSR count). The first-order valence-electron chi connectivity index (χ1n) is 11.3. The van der Waals surface area contributed by atoms with Crippen LogP contribution in [0.1, 0.15) is 63.0 Å². The molecule has 0 saturated carbocycles. The summed E-state index contributed by atoms with van der Waals surface area (Å²) in [7, 11) is -3.42. The fourth-order valence-electron chi connectivity index (χ4n) is 3.90. The van der Waals surface area contributed by atoms with Crippen molar-refractivity contribution in [2.45, 2.75) is 57.3 Å². The Hall–Kier alpha value is -2.05. The maximum absolute atomic E-state index is 13.1. The molecule has 1 aliphatic heterocycles. The van der Waals surface area contributed by atoms with Crippen LogP contribution in [0.2, 0.25) is 5.02 Å². The van der Waals surface area contributed by atoms with Gasteiger partial charge in [-0.05, 0) is 52.3 Å². The second-order valence-electron chi connectivity index (χ2n) is 11.0. The van der Waals surface area contributed by atoms with E-state index in [0.29, 0.717) is 26.2 Å². The second-order valence-corrected chi connectivity index (χ2v) is 13.4. The van der Waals surface area contributed by atoms with Crippen LogP contribution in [0, 0.1) is 0 Å². The molecule has 1 aliphatic rings. The molecular formula is C26H35ClN2O3S. The topological polar surface area (TPSA) is 57.7 Å². The molecular weight excluding hydrogens is 456 g/mol. The summed E-state index contributed by atoms with van der Waals surface area (Å²) < 4.78 is 23.8. The molecule has 0 unspecified atom stereocenters. The lowest BCUT2D eigenvalue weighted by atomic mass is 9.80. The fraction of sp³-hybridized carbons (Fsp3) is 0.500. The standard InChI is InChI=1S/C26H35ClN2O3S/c1-25(2,3)18-14-19(26(4,5)6)16-20(15-18)28-10-12-29(13-11-28)24(30)22-17-21(33(7,31)32)8-9-23(22)27/h8-9,14-17H,10-13H2,1-7H3. The molecule has 1 heterocycles. The minimum atomic E-state index is -3.42. The van der Waals surface area contributed by atoms with Gasteiger partial charge in [0.25, 0.3) is 5.91 Å². The molecule has 1 fully saturated rings. The van der Waals surface area contributed by atoms with Gasteiger partial charge in [-0.15, -0.1) is 0 Å². The molecule has 0 N–H and O–H groups in total. The second kappa shape index (κ2) is 8.95. The summed E-state index contributed by atoms with van der Waals surface area (Å²) in [6.45, 7) is 15.8. The van der Waals surface area contributed by atoms with Gasteiger partial charge in [0.2, 0.25) is 0 Å². The Morgan fingerprint density at radius 2 is 1.36 bits per heavy atom. The van der Waals surface area contributed by atoms with E-state index in [9.17, 15) is 13.2 Å². The number of halogens is 1. The summed E-state index contributed by atoms with van der Waals surface area (Å²) in [6.07, 6.45) is 1.13. The Morgan fingerprint density at radius 3 is 1.82 bits per heavy atom. The highest BCUT2D eigenvalue weighted by Crippen LogP contribution is 2.34. The van der Waals surface area contributed by atoms with Crippen molar-refractivity contribution in [3.63, 3.8) is 0 Å². The van der Waals surface area contributed by atoms with Gasteiger partial charge in [-0.2, -0.15) is 0 Å². The normalized spacial score (nSPS) is 15.6. The van der Waals surface area contributed by atoms with Crippen LogP contribution in [0.15, 0.2) is 41.3 Å². The highest BCUT2D eigenvalue weighted by Gasteiger charge is 2.27. The minimum absolute atomic E-state index is 0.0369. The first-order valence-corrected chi connectivity index (χ1v) is 13.5. The monoisotopic (exact) mass is 490 g/mol. The lowest BCUT2D eigenvalue weighted by molar-refractivity contribution is 0.0746. The number of carbonyl (C=O) groups is 1. The Balaban J connectivity index is 1.83. The van der Waals surface area contributed by atoms with Gasteiger partial charge in [-0.1, -0.05) is 59.2 Å². The van der Waals surface area contributed by atoms with Crippen molar-refractivity contribution < 1.29 is 13.2 Å². The van der Waals surface area contributed by atoms with Crippen molar-refractivity contribution >= 4 is 33.0 Å². The minimum Gasteiger partial charge on any atom is -0.368 e. The first-order chi connectivity index (χ1) is 15.1. The Labute approximate surface area is 203 Å². The number of sulfone groups is 1. The summed E-state index contributed by atoms with van der Waals surface area (Å²) in [5, 5.41) is 0.266. The Morgan fingerprint density at radius 1 is 0.848 bits per heavy atom. The molecule has 0 aromatic heterocycles. The van der Waals surface area contributed by atoms with E-state index in [-0.39, 0.29) is 32.2 Å². The predicted octanol–water partition coefficient (Wildman–Crippen LogP) is 5.30. The van der Waals surface area contributed by atoms with Crippen LogP contribution in [0.25, 0.3) is 0 Å². The third-order valence-electron chi connectivity index (χ3n) is 6.18. The van der Waals surface area contributed by atoms with Crippen LogP contribution in [0.4, 0.5) is 5.69 Å². The molecule has 2 aromatic rings.